The number of carbonyl (C=O) groups excluding carboxylic acids is 2. The average molecular weight is 420 g/mol. The lowest BCUT2D eigenvalue weighted by Gasteiger charge is -2.37. The third kappa shape index (κ3) is 3.02. The van der Waals surface area contributed by atoms with Gasteiger partial charge in [-0.05, 0) is 42.1 Å². The third-order valence-corrected chi connectivity index (χ3v) is 6.28. The van der Waals surface area contributed by atoms with Gasteiger partial charge in [-0.15, -0.1) is 0 Å². The SMILES string of the molecule is O=C(c1coc(Cl)n1)N1CCC2(CC1)O[C@@H]1CC[C@@H](c3cccc(F)c3)N1C2=O. The van der Waals surface area contributed by atoms with E-state index >= 15 is 0 Å². The van der Waals surface area contributed by atoms with Gasteiger partial charge in [-0.25, -0.2) is 4.39 Å². The van der Waals surface area contributed by atoms with Gasteiger partial charge in [-0.3, -0.25) is 9.59 Å². The van der Waals surface area contributed by atoms with E-state index < -0.39 is 5.60 Å². The molecule has 152 valence electrons. The zero-order valence-electron chi connectivity index (χ0n) is 15.5. The van der Waals surface area contributed by atoms with Crippen LogP contribution in [0.4, 0.5) is 4.39 Å². The molecule has 5 rings (SSSR count). The van der Waals surface area contributed by atoms with Gasteiger partial charge in [0.2, 0.25) is 0 Å². The normalized spacial score (nSPS) is 25.7. The molecule has 3 aliphatic rings. The summed E-state index contributed by atoms with van der Waals surface area (Å²) in [6, 6.07) is 6.21. The van der Waals surface area contributed by atoms with Crippen LogP contribution in [-0.4, -0.2) is 51.5 Å². The number of nitrogens with zero attached hydrogens (tertiary/aromatic N) is 3. The summed E-state index contributed by atoms with van der Waals surface area (Å²) in [5, 5.41) is -0.0832. The second kappa shape index (κ2) is 6.81. The number of hydrogen-bond acceptors (Lipinski definition) is 5. The Hall–Kier alpha value is -2.45. The maximum atomic E-state index is 13.7. The molecule has 3 fully saturated rings. The van der Waals surface area contributed by atoms with Crippen LogP contribution >= 0.6 is 11.6 Å². The van der Waals surface area contributed by atoms with Gasteiger partial charge in [-0.2, -0.15) is 4.98 Å². The fraction of sp³-hybridized carbons (Fsp3) is 0.450. The van der Waals surface area contributed by atoms with Crippen LogP contribution in [0.5, 0.6) is 0 Å². The minimum absolute atomic E-state index is 0.0640. The summed E-state index contributed by atoms with van der Waals surface area (Å²) in [4.78, 5) is 33.1. The molecule has 0 saturated carbocycles. The summed E-state index contributed by atoms with van der Waals surface area (Å²) in [7, 11) is 0. The topological polar surface area (TPSA) is 75.9 Å². The summed E-state index contributed by atoms with van der Waals surface area (Å²) >= 11 is 5.65. The Morgan fingerprint density at radius 2 is 2.07 bits per heavy atom. The fourth-order valence-electron chi connectivity index (χ4n) is 4.67. The number of piperidine rings is 1. The van der Waals surface area contributed by atoms with Crippen LogP contribution in [0.2, 0.25) is 5.35 Å². The summed E-state index contributed by atoms with van der Waals surface area (Å²) in [6.07, 6.45) is 3.21. The van der Waals surface area contributed by atoms with E-state index in [1.54, 1.807) is 15.9 Å². The quantitative estimate of drug-likeness (QED) is 0.747. The van der Waals surface area contributed by atoms with Crippen LogP contribution in [0.1, 0.15) is 47.8 Å². The van der Waals surface area contributed by atoms with Gasteiger partial charge in [-0.1, -0.05) is 12.1 Å². The zero-order chi connectivity index (χ0) is 20.2. The second-order valence-corrected chi connectivity index (χ2v) is 8.03. The first-order valence-corrected chi connectivity index (χ1v) is 10.0. The predicted molar refractivity (Wildman–Crippen MR) is 99.5 cm³/mol. The largest absolute Gasteiger partial charge is 0.435 e. The number of fused-ring (bicyclic) bond motifs is 1. The molecule has 0 N–H and O–H groups in total. The molecule has 1 aromatic carbocycles. The highest BCUT2D eigenvalue weighted by Crippen LogP contribution is 2.47. The van der Waals surface area contributed by atoms with Crippen molar-refractivity contribution in [1.82, 2.24) is 14.8 Å². The van der Waals surface area contributed by atoms with Crippen molar-refractivity contribution in [2.24, 2.45) is 0 Å². The lowest BCUT2D eigenvalue weighted by Crippen LogP contribution is -2.51. The van der Waals surface area contributed by atoms with E-state index in [-0.39, 0.29) is 40.9 Å². The first kappa shape index (κ1) is 18.6. The molecule has 2 amide bonds. The average Bonchev–Trinajstić information content (AvgIpc) is 3.39. The molecule has 0 radical (unpaired) electrons. The molecule has 3 saturated heterocycles. The van der Waals surface area contributed by atoms with Crippen molar-refractivity contribution >= 4 is 23.4 Å². The maximum Gasteiger partial charge on any atom is 0.292 e. The highest BCUT2D eigenvalue weighted by Gasteiger charge is 2.58. The number of rotatable bonds is 2. The first-order chi connectivity index (χ1) is 14.0. The third-order valence-electron chi connectivity index (χ3n) is 6.11. The van der Waals surface area contributed by atoms with Crippen molar-refractivity contribution in [2.45, 2.75) is 43.6 Å². The Labute approximate surface area is 171 Å². The molecule has 0 bridgehead atoms. The van der Waals surface area contributed by atoms with Gasteiger partial charge in [0.05, 0.1) is 6.04 Å². The summed E-state index contributed by atoms with van der Waals surface area (Å²) in [5.74, 6) is -0.655. The number of amides is 2. The van der Waals surface area contributed by atoms with Crippen molar-refractivity contribution in [3.05, 3.63) is 53.0 Å². The monoisotopic (exact) mass is 419 g/mol. The Morgan fingerprint density at radius 1 is 1.28 bits per heavy atom. The number of benzene rings is 1. The maximum absolute atomic E-state index is 13.7. The lowest BCUT2D eigenvalue weighted by atomic mass is 9.89. The van der Waals surface area contributed by atoms with Crippen LogP contribution < -0.4 is 0 Å². The molecular formula is C20H19ClFN3O4. The van der Waals surface area contributed by atoms with E-state index in [9.17, 15) is 14.0 Å². The van der Waals surface area contributed by atoms with Crippen molar-refractivity contribution in [1.29, 1.82) is 0 Å². The van der Waals surface area contributed by atoms with Crippen LogP contribution in [-0.2, 0) is 9.53 Å². The van der Waals surface area contributed by atoms with E-state index in [2.05, 4.69) is 4.98 Å². The Kier molecular flexibility index (Phi) is 4.36. The second-order valence-electron chi connectivity index (χ2n) is 7.71. The van der Waals surface area contributed by atoms with Crippen molar-refractivity contribution in [2.75, 3.05) is 13.1 Å². The standard InChI is InChI=1S/C20H19ClFN3O4/c21-19-23-14(11-28-19)17(26)24-8-6-20(7-9-24)18(27)25-15(4-5-16(25)29-20)12-2-1-3-13(22)10-12/h1-3,10-11,15-16H,4-9H2/t15-,16+/m0/s1. The lowest BCUT2D eigenvalue weighted by molar-refractivity contribution is -0.142. The van der Waals surface area contributed by atoms with Gasteiger partial charge >= 0.3 is 0 Å². The molecule has 29 heavy (non-hydrogen) atoms. The van der Waals surface area contributed by atoms with Crippen LogP contribution in [0, 0.1) is 5.82 Å². The van der Waals surface area contributed by atoms with Crippen LogP contribution in [0.3, 0.4) is 0 Å². The molecule has 0 aliphatic carbocycles. The van der Waals surface area contributed by atoms with E-state index in [4.69, 9.17) is 20.8 Å². The summed E-state index contributed by atoms with van der Waals surface area (Å²) in [6.45, 7) is 0.750. The van der Waals surface area contributed by atoms with Gasteiger partial charge in [0.1, 0.15) is 18.3 Å². The number of hydrogen-bond donors (Lipinski definition) is 0. The minimum atomic E-state index is -0.922. The molecule has 9 heteroatoms. The Bertz CT molecular complexity index is 972. The summed E-state index contributed by atoms with van der Waals surface area (Å²) < 4.78 is 24.8. The summed E-state index contributed by atoms with van der Waals surface area (Å²) in [5.41, 5.74) is 0.0166. The van der Waals surface area contributed by atoms with Crippen molar-refractivity contribution < 1.29 is 23.1 Å². The van der Waals surface area contributed by atoms with E-state index in [0.29, 0.717) is 25.9 Å². The first-order valence-electron chi connectivity index (χ1n) is 9.63. The Balaban J connectivity index is 1.31. The molecule has 1 aromatic heterocycles. The minimum Gasteiger partial charge on any atom is -0.435 e. The molecule has 4 heterocycles. The van der Waals surface area contributed by atoms with Crippen LogP contribution in [0.25, 0.3) is 0 Å². The van der Waals surface area contributed by atoms with Gasteiger partial charge in [0, 0.05) is 25.9 Å². The number of carbonyl (C=O) groups is 2. The van der Waals surface area contributed by atoms with Crippen LogP contribution in [0.15, 0.2) is 34.9 Å². The molecule has 3 aliphatic heterocycles. The van der Waals surface area contributed by atoms with Crippen molar-refractivity contribution in [3.63, 3.8) is 0 Å². The van der Waals surface area contributed by atoms with E-state index in [0.717, 1.165) is 18.4 Å². The van der Waals surface area contributed by atoms with Gasteiger partial charge in [0.25, 0.3) is 17.2 Å². The highest BCUT2D eigenvalue weighted by atomic mass is 35.5. The van der Waals surface area contributed by atoms with Gasteiger partial charge in [0.15, 0.2) is 11.3 Å². The molecule has 2 atom stereocenters. The van der Waals surface area contributed by atoms with E-state index in [1.165, 1.54) is 18.4 Å². The highest BCUT2D eigenvalue weighted by molar-refractivity contribution is 6.27. The molecule has 2 aromatic rings. The molecule has 7 nitrogen and oxygen atoms in total. The molecular weight excluding hydrogens is 401 g/mol. The smallest absolute Gasteiger partial charge is 0.292 e. The number of likely N-dealkylation sites (tertiary alicyclic amines) is 1. The molecule has 1 spiro atoms. The fourth-order valence-corrected chi connectivity index (χ4v) is 4.80. The van der Waals surface area contributed by atoms with Gasteiger partial charge < -0.3 is 19.0 Å². The predicted octanol–water partition coefficient (Wildman–Crippen LogP) is 3.16. The zero-order valence-corrected chi connectivity index (χ0v) is 16.3. The number of ether oxygens (including phenoxy) is 1. The van der Waals surface area contributed by atoms with Crippen molar-refractivity contribution in [3.8, 4) is 0 Å². The number of oxazole rings is 1. The number of halogens is 2. The number of aromatic nitrogens is 1. The molecule has 0 unspecified atom stereocenters. The Morgan fingerprint density at radius 3 is 2.76 bits per heavy atom. The van der Waals surface area contributed by atoms with E-state index in [1.807, 2.05) is 6.07 Å².